The first kappa shape index (κ1) is 13.4. The summed E-state index contributed by atoms with van der Waals surface area (Å²) in [6, 6.07) is 8.43. The lowest BCUT2D eigenvalue weighted by Crippen LogP contribution is -2.10. The van der Waals surface area contributed by atoms with E-state index >= 15 is 0 Å². The summed E-state index contributed by atoms with van der Waals surface area (Å²) in [4.78, 5) is 4.22. The fraction of sp³-hybridized carbons (Fsp3) is 0.267. The molecular weight excluding hydrogens is 264 g/mol. The second kappa shape index (κ2) is 5.78. The van der Waals surface area contributed by atoms with Gasteiger partial charge in [0.2, 0.25) is 0 Å². The summed E-state index contributed by atoms with van der Waals surface area (Å²) in [6.07, 6.45) is 7.26. The average molecular weight is 282 g/mol. The summed E-state index contributed by atoms with van der Waals surface area (Å²) in [6.45, 7) is 5.01. The predicted molar refractivity (Wildman–Crippen MR) is 81.3 cm³/mol. The molecule has 21 heavy (non-hydrogen) atoms. The number of hydrogen-bond acceptors (Lipinski definition) is 4. The fourth-order valence-electron chi connectivity index (χ4n) is 2.28. The lowest BCUT2D eigenvalue weighted by atomic mass is 10.2. The van der Waals surface area contributed by atoms with Gasteiger partial charge in [-0.2, -0.15) is 0 Å². The first-order valence-electron chi connectivity index (χ1n) is 6.96. The smallest absolute Gasteiger partial charge is 0.0951 e. The van der Waals surface area contributed by atoms with Crippen molar-refractivity contribution in [2.24, 2.45) is 0 Å². The summed E-state index contributed by atoms with van der Waals surface area (Å²) < 4.78 is 3.91. The summed E-state index contributed by atoms with van der Waals surface area (Å²) >= 11 is 0. The number of hydrogen-bond donors (Lipinski definition) is 1. The van der Waals surface area contributed by atoms with Crippen LogP contribution >= 0.6 is 0 Å². The van der Waals surface area contributed by atoms with Gasteiger partial charge in [0.15, 0.2) is 0 Å². The Bertz CT molecular complexity index is 699. The van der Waals surface area contributed by atoms with Crippen molar-refractivity contribution >= 4 is 5.69 Å². The van der Waals surface area contributed by atoms with Crippen LogP contribution < -0.4 is 5.32 Å². The van der Waals surface area contributed by atoms with Crippen LogP contribution in [0, 0.1) is 0 Å². The molecule has 6 nitrogen and oxygen atoms in total. The first-order valence-corrected chi connectivity index (χ1v) is 6.96. The number of benzene rings is 1. The average Bonchev–Trinajstić information content (AvgIpc) is 3.16. The molecule has 0 saturated heterocycles. The van der Waals surface area contributed by atoms with Gasteiger partial charge in [0.05, 0.1) is 42.3 Å². The van der Waals surface area contributed by atoms with Gasteiger partial charge in [-0.1, -0.05) is 17.3 Å². The zero-order chi connectivity index (χ0) is 14.7. The number of imidazole rings is 1. The third-order valence-electron chi connectivity index (χ3n) is 3.34. The third kappa shape index (κ3) is 2.79. The molecule has 0 amide bonds. The van der Waals surface area contributed by atoms with Crippen LogP contribution in [0.4, 0.5) is 5.69 Å². The Balaban J connectivity index is 1.81. The summed E-state index contributed by atoms with van der Waals surface area (Å²) in [5, 5.41) is 11.4. The molecule has 0 aliphatic carbocycles. The van der Waals surface area contributed by atoms with Crippen LogP contribution in [-0.4, -0.2) is 24.5 Å². The van der Waals surface area contributed by atoms with Gasteiger partial charge in [-0.25, -0.2) is 9.67 Å². The molecule has 2 heterocycles. The molecule has 1 N–H and O–H groups in total. The molecule has 3 rings (SSSR count). The second-order valence-corrected chi connectivity index (χ2v) is 5.10. The van der Waals surface area contributed by atoms with Crippen LogP contribution in [-0.2, 0) is 6.54 Å². The molecule has 0 bridgehead atoms. The minimum atomic E-state index is 0.398. The lowest BCUT2D eigenvalue weighted by molar-refractivity contribution is 0.577. The highest BCUT2D eigenvalue weighted by atomic mass is 15.4. The molecule has 0 fully saturated rings. The Morgan fingerprint density at radius 2 is 2.10 bits per heavy atom. The van der Waals surface area contributed by atoms with Gasteiger partial charge in [-0.3, -0.25) is 0 Å². The van der Waals surface area contributed by atoms with Crippen LogP contribution in [0.15, 0.2) is 49.2 Å². The predicted octanol–water partition coefficient (Wildman–Crippen LogP) is 2.66. The van der Waals surface area contributed by atoms with Crippen molar-refractivity contribution in [3.8, 4) is 5.69 Å². The Morgan fingerprint density at radius 3 is 2.86 bits per heavy atom. The molecule has 0 spiro atoms. The van der Waals surface area contributed by atoms with Crippen LogP contribution in [0.25, 0.3) is 5.69 Å². The lowest BCUT2D eigenvalue weighted by Gasteiger charge is -2.14. The Kier molecular flexibility index (Phi) is 3.68. The molecule has 0 saturated carbocycles. The molecule has 0 aliphatic heterocycles. The van der Waals surface area contributed by atoms with Crippen molar-refractivity contribution < 1.29 is 0 Å². The van der Waals surface area contributed by atoms with Crippen LogP contribution in [0.1, 0.15) is 25.6 Å². The molecule has 3 aromatic rings. The maximum absolute atomic E-state index is 4.22. The molecule has 0 unspecified atom stereocenters. The molecular formula is C15H18N6. The van der Waals surface area contributed by atoms with E-state index in [1.165, 1.54) is 0 Å². The zero-order valence-electron chi connectivity index (χ0n) is 12.1. The number of rotatable bonds is 5. The van der Waals surface area contributed by atoms with Crippen molar-refractivity contribution in [3.05, 3.63) is 54.9 Å². The number of nitrogens with one attached hydrogen (secondary N) is 1. The highest BCUT2D eigenvalue weighted by Gasteiger charge is 2.08. The highest BCUT2D eigenvalue weighted by Crippen LogP contribution is 2.20. The summed E-state index contributed by atoms with van der Waals surface area (Å²) in [7, 11) is 0. The Hall–Kier alpha value is -2.63. The van der Waals surface area contributed by atoms with E-state index in [1.54, 1.807) is 10.9 Å². The topological polar surface area (TPSA) is 60.6 Å². The number of para-hydroxylation sites is 2. The van der Waals surface area contributed by atoms with E-state index in [0.717, 1.165) is 17.1 Å². The quantitative estimate of drug-likeness (QED) is 0.781. The minimum absolute atomic E-state index is 0.398. The van der Waals surface area contributed by atoms with E-state index in [9.17, 15) is 0 Å². The third-order valence-corrected chi connectivity index (χ3v) is 3.34. The van der Waals surface area contributed by atoms with Gasteiger partial charge in [0.25, 0.3) is 0 Å². The Labute approximate surface area is 123 Å². The van der Waals surface area contributed by atoms with Gasteiger partial charge in [0.1, 0.15) is 0 Å². The van der Waals surface area contributed by atoms with Crippen molar-refractivity contribution in [1.82, 2.24) is 24.5 Å². The van der Waals surface area contributed by atoms with Crippen molar-refractivity contribution in [2.75, 3.05) is 5.32 Å². The van der Waals surface area contributed by atoms with Crippen molar-refractivity contribution in [2.45, 2.75) is 26.4 Å². The van der Waals surface area contributed by atoms with Gasteiger partial charge >= 0.3 is 0 Å². The molecule has 0 aliphatic rings. The summed E-state index contributed by atoms with van der Waals surface area (Å²) in [5.74, 6) is 0. The van der Waals surface area contributed by atoms with Crippen molar-refractivity contribution in [1.29, 1.82) is 0 Å². The largest absolute Gasteiger partial charge is 0.378 e. The highest BCUT2D eigenvalue weighted by molar-refractivity contribution is 5.60. The first-order chi connectivity index (χ1) is 10.3. The zero-order valence-corrected chi connectivity index (χ0v) is 12.1. The van der Waals surface area contributed by atoms with E-state index in [2.05, 4.69) is 39.0 Å². The van der Waals surface area contributed by atoms with E-state index in [4.69, 9.17) is 0 Å². The van der Waals surface area contributed by atoms with E-state index < -0.39 is 0 Å². The minimum Gasteiger partial charge on any atom is -0.378 e. The molecule has 2 aromatic heterocycles. The summed E-state index contributed by atoms with van der Waals surface area (Å²) in [5.41, 5.74) is 3.14. The number of nitrogens with zero attached hydrogens (tertiary/aromatic N) is 5. The molecule has 0 radical (unpaired) electrons. The Morgan fingerprint density at radius 1 is 1.24 bits per heavy atom. The fourth-order valence-corrected chi connectivity index (χ4v) is 2.28. The number of anilines is 1. The monoisotopic (exact) mass is 282 g/mol. The molecule has 1 aromatic carbocycles. The molecule has 0 atom stereocenters. The van der Waals surface area contributed by atoms with E-state index in [1.807, 2.05) is 43.0 Å². The maximum Gasteiger partial charge on any atom is 0.0951 e. The molecule has 6 heteroatoms. The SMILES string of the molecule is CC(C)n1cncc1CNc1ccccc1-n1ccnn1. The second-order valence-electron chi connectivity index (χ2n) is 5.10. The van der Waals surface area contributed by atoms with E-state index in [0.29, 0.717) is 12.6 Å². The maximum atomic E-state index is 4.22. The number of aromatic nitrogens is 5. The van der Waals surface area contributed by atoms with Crippen LogP contribution in [0.5, 0.6) is 0 Å². The molecule has 108 valence electrons. The van der Waals surface area contributed by atoms with Gasteiger partial charge in [-0.15, -0.1) is 5.10 Å². The standard InChI is InChI=1S/C15H18N6/c1-12(2)20-11-16-9-13(20)10-17-14-5-3-4-6-15(14)21-8-7-18-19-21/h3-9,11-12,17H,10H2,1-2H3. The van der Waals surface area contributed by atoms with Gasteiger partial charge in [0, 0.05) is 12.2 Å². The van der Waals surface area contributed by atoms with Gasteiger partial charge in [-0.05, 0) is 26.0 Å². The van der Waals surface area contributed by atoms with Crippen LogP contribution in [0.2, 0.25) is 0 Å². The van der Waals surface area contributed by atoms with E-state index in [-0.39, 0.29) is 0 Å². The van der Waals surface area contributed by atoms with Crippen molar-refractivity contribution in [3.63, 3.8) is 0 Å². The normalized spacial score (nSPS) is 11.0. The van der Waals surface area contributed by atoms with Crippen LogP contribution in [0.3, 0.4) is 0 Å². The van der Waals surface area contributed by atoms with Gasteiger partial charge < -0.3 is 9.88 Å².